The Morgan fingerprint density at radius 1 is 1.33 bits per heavy atom. The number of rotatable bonds is 7. The number of carbonyl (C=O) groups is 1. The summed E-state index contributed by atoms with van der Waals surface area (Å²) in [5.74, 6) is 0.384. The van der Waals surface area contributed by atoms with Gasteiger partial charge in [-0.15, -0.1) is 0 Å². The number of carbonyl (C=O) groups excluding carboxylic acids is 1. The lowest BCUT2D eigenvalue weighted by molar-refractivity contribution is 0.0563. The molecule has 0 spiro atoms. The van der Waals surface area contributed by atoms with Crippen LogP contribution in [0.5, 0.6) is 0 Å². The molecule has 0 aliphatic carbocycles. The monoisotopic (exact) mass is 289 g/mol. The number of benzene rings is 1. The lowest BCUT2D eigenvalue weighted by atomic mass is 10.1. The van der Waals surface area contributed by atoms with Gasteiger partial charge < -0.3 is 19.6 Å². The third-order valence-corrected chi connectivity index (χ3v) is 3.07. The Kier molecular flexibility index (Phi) is 5.40. The molecule has 0 aliphatic heterocycles. The number of aryl methyl sites for hydroxylation is 1. The summed E-state index contributed by atoms with van der Waals surface area (Å²) in [6.45, 7) is 0.681. The number of hydrogen-bond acceptors (Lipinski definition) is 5. The largest absolute Gasteiger partial charge is 0.463 e. The van der Waals surface area contributed by atoms with Crippen molar-refractivity contribution in [1.82, 2.24) is 0 Å². The van der Waals surface area contributed by atoms with Crippen molar-refractivity contribution in [2.45, 2.75) is 19.4 Å². The summed E-state index contributed by atoms with van der Waals surface area (Å²) in [6.07, 6.45) is 1.60. The molecule has 0 atom stereocenters. The van der Waals surface area contributed by atoms with Gasteiger partial charge in [0, 0.05) is 12.3 Å². The van der Waals surface area contributed by atoms with Gasteiger partial charge in [-0.2, -0.15) is 0 Å². The van der Waals surface area contributed by atoms with Gasteiger partial charge in [0.25, 0.3) is 0 Å². The Bertz CT molecular complexity index is 591. The fraction of sp³-hybridized carbons (Fsp3) is 0.312. The summed E-state index contributed by atoms with van der Waals surface area (Å²) in [7, 11) is 1.32. The highest BCUT2D eigenvalue weighted by Crippen LogP contribution is 2.15. The molecule has 0 saturated heterocycles. The Labute approximate surface area is 123 Å². The Morgan fingerprint density at radius 2 is 2.19 bits per heavy atom. The number of methoxy groups -OCH3 is 1. The van der Waals surface area contributed by atoms with E-state index in [0.29, 0.717) is 12.3 Å². The van der Waals surface area contributed by atoms with Crippen LogP contribution in [0.25, 0.3) is 0 Å². The summed E-state index contributed by atoms with van der Waals surface area (Å²) in [6, 6.07) is 11.3. The Hall–Kier alpha value is -2.27. The van der Waals surface area contributed by atoms with Gasteiger partial charge in [-0.3, -0.25) is 0 Å². The maximum absolute atomic E-state index is 11.3. The van der Waals surface area contributed by atoms with Gasteiger partial charge in [0.1, 0.15) is 5.76 Å². The average Bonchev–Trinajstić information content (AvgIpc) is 2.99. The van der Waals surface area contributed by atoms with Crippen LogP contribution in [0.15, 0.2) is 40.8 Å². The summed E-state index contributed by atoms with van der Waals surface area (Å²) in [5.41, 5.74) is 2.14. The first-order chi connectivity index (χ1) is 10.2. The van der Waals surface area contributed by atoms with Gasteiger partial charge in [0.05, 0.1) is 13.7 Å². The molecule has 0 radical (unpaired) electrons. The topological polar surface area (TPSA) is 71.7 Å². The molecule has 2 N–H and O–H groups in total. The minimum atomic E-state index is -0.479. The van der Waals surface area contributed by atoms with E-state index in [0.717, 1.165) is 18.5 Å². The molecule has 1 heterocycles. The van der Waals surface area contributed by atoms with Crippen molar-refractivity contribution in [2.75, 3.05) is 19.0 Å². The van der Waals surface area contributed by atoms with Crippen molar-refractivity contribution in [3.8, 4) is 0 Å². The summed E-state index contributed by atoms with van der Waals surface area (Å²) in [4.78, 5) is 11.3. The number of ether oxygens (including phenoxy) is 1. The second kappa shape index (κ2) is 7.50. The molecular formula is C16H19NO4. The molecule has 21 heavy (non-hydrogen) atoms. The zero-order valence-corrected chi connectivity index (χ0v) is 12.0. The molecule has 1 aromatic carbocycles. The molecule has 0 aliphatic rings. The van der Waals surface area contributed by atoms with E-state index in [1.807, 2.05) is 24.3 Å². The first kappa shape index (κ1) is 15.1. The number of aliphatic hydroxyl groups is 1. The number of anilines is 1. The summed E-state index contributed by atoms with van der Waals surface area (Å²) < 4.78 is 9.98. The molecule has 1 aromatic heterocycles. The van der Waals surface area contributed by atoms with E-state index in [1.165, 1.54) is 12.7 Å². The van der Waals surface area contributed by atoms with Gasteiger partial charge in [0.15, 0.2) is 0 Å². The van der Waals surface area contributed by atoms with Crippen molar-refractivity contribution in [1.29, 1.82) is 0 Å². The highest BCUT2D eigenvalue weighted by atomic mass is 16.5. The minimum Gasteiger partial charge on any atom is -0.463 e. The molecule has 0 saturated carbocycles. The van der Waals surface area contributed by atoms with Crippen LogP contribution >= 0.6 is 0 Å². The zero-order valence-electron chi connectivity index (χ0n) is 12.0. The highest BCUT2D eigenvalue weighted by molar-refractivity contribution is 5.86. The zero-order chi connectivity index (χ0) is 15.1. The van der Waals surface area contributed by atoms with Gasteiger partial charge in [-0.1, -0.05) is 12.1 Å². The molecule has 0 fully saturated rings. The first-order valence-electron chi connectivity index (χ1n) is 6.83. The van der Waals surface area contributed by atoms with E-state index in [4.69, 9.17) is 9.52 Å². The normalized spacial score (nSPS) is 10.4. The molecule has 0 bridgehead atoms. The van der Waals surface area contributed by atoms with E-state index >= 15 is 0 Å². The highest BCUT2D eigenvalue weighted by Gasteiger charge is 2.10. The number of hydrogen-bond donors (Lipinski definition) is 2. The van der Waals surface area contributed by atoms with Gasteiger partial charge in [-0.05, 0) is 42.7 Å². The Morgan fingerprint density at radius 3 is 2.95 bits per heavy atom. The van der Waals surface area contributed by atoms with Crippen LogP contribution < -0.4 is 5.32 Å². The average molecular weight is 289 g/mol. The minimum absolute atomic E-state index is 0.195. The second-order valence-electron chi connectivity index (χ2n) is 4.64. The van der Waals surface area contributed by atoms with Crippen LogP contribution in [0, 0.1) is 0 Å². The summed E-state index contributed by atoms with van der Waals surface area (Å²) in [5, 5.41) is 12.1. The molecule has 2 aromatic rings. The van der Waals surface area contributed by atoms with Crippen LogP contribution in [0.1, 0.15) is 28.3 Å². The van der Waals surface area contributed by atoms with E-state index in [9.17, 15) is 4.79 Å². The van der Waals surface area contributed by atoms with E-state index in [1.54, 1.807) is 12.1 Å². The smallest absolute Gasteiger partial charge is 0.373 e. The SMILES string of the molecule is COC(=O)c1ccc(CNc2cccc(CCCO)c2)o1. The second-order valence-corrected chi connectivity index (χ2v) is 4.64. The van der Waals surface area contributed by atoms with E-state index in [-0.39, 0.29) is 12.4 Å². The van der Waals surface area contributed by atoms with Crippen LogP contribution in [-0.2, 0) is 17.7 Å². The number of nitrogens with one attached hydrogen (secondary N) is 1. The van der Waals surface area contributed by atoms with E-state index < -0.39 is 5.97 Å². The predicted molar refractivity (Wildman–Crippen MR) is 79.2 cm³/mol. The van der Waals surface area contributed by atoms with Crippen molar-refractivity contribution >= 4 is 11.7 Å². The van der Waals surface area contributed by atoms with Crippen LogP contribution in [0.2, 0.25) is 0 Å². The van der Waals surface area contributed by atoms with Crippen LogP contribution in [-0.4, -0.2) is 24.8 Å². The lowest BCUT2D eigenvalue weighted by Gasteiger charge is -2.07. The lowest BCUT2D eigenvalue weighted by Crippen LogP contribution is -2.00. The fourth-order valence-corrected chi connectivity index (χ4v) is 1.99. The van der Waals surface area contributed by atoms with Crippen molar-refractivity contribution in [2.24, 2.45) is 0 Å². The van der Waals surface area contributed by atoms with Crippen molar-refractivity contribution in [3.63, 3.8) is 0 Å². The predicted octanol–water partition coefficient (Wildman–Crippen LogP) is 2.60. The quantitative estimate of drug-likeness (QED) is 0.767. The van der Waals surface area contributed by atoms with Crippen molar-refractivity contribution in [3.05, 3.63) is 53.5 Å². The van der Waals surface area contributed by atoms with Gasteiger partial charge in [0.2, 0.25) is 5.76 Å². The molecule has 2 rings (SSSR count). The molecular weight excluding hydrogens is 270 g/mol. The fourth-order valence-electron chi connectivity index (χ4n) is 1.99. The van der Waals surface area contributed by atoms with E-state index in [2.05, 4.69) is 10.1 Å². The molecule has 0 unspecified atom stereocenters. The van der Waals surface area contributed by atoms with Crippen molar-refractivity contribution < 1.29 is 19.1 Å². The third kappa shape index (κ3) is 4.36. The Balaban J connectivity index is 1.93. The van der Waals surface area contributed by atoms with Crippen LogP contribution in [0.4, 0.5) is 5.69 Å². The van der Waals surface area contributed by atoms with Gasteiger partial charge >= 0.3 is 5.97 Å². The number of esters is 1. The van der Waals surface area contributed by atoms with Crippen LogP contribution in [0.3, 0.4) is 0 Å². The third-order valence-electron chi connectivity index (χ3n) is 3.07. The summed E-state index contributed by atoms with van der Waals surface area (Å²) >= 11 is 0. The van der Waals surface area contributed by atoms with Gasteiger partial charge in [-0.25, -0.2) is 4.79 Å². The molecule has 0 amide bonds. The number of furan rings is 1. The maximum Gasteiger partial charge on any atom is 0.373 e. The molecule has 5 nitrogen and oxygen atoms in total. The standard InChI is InChI=1S/C16H19NO4/c1-20-16(19)15-8-7-14(21-15)11-17-13-6-2-4-12(10-13)5-3-9-18/h2,4,6-8,10,17-18H,3,5,9,11H2,1H3. The first-order valence-corrected chi connectivity index (χ1v) is 6.83. The molecule has 112 valence electrons. The number of aliphatic hydroxyl groups excluding tert-OH is 1. The maximum atomic E-state index is 11.3. The molecule has 5 heteroatoms.